The molecule has 4 heteroatoms. The van der Waals surface area contributed by atoms with Crippen LogP contribution in [-0.4, -0.2) is 20.3 Å². The molecule has 0 heterocycles. The Labute approximate surface area is 107 Å². The van der Waals surface area contributed by atoms with Crippen LogP contribution >= 0.6 is 0 Å². The highest BCUT2D eigenvalue weighted by Crippen LogP contribution is 2.21. The van der Waals surface area contributed by atoms with Crippen LogP contribution in [0.5, 0.6) is 5.75 Å². The predicted molar refractivity (Wildman–Crippen MR) is 74.4 cm³/mol. The first-order chi connectivity index (χ1) is 8.83. The lowest BCUT2D eigenvalue weighted by atomic mass is 10.0. The molecule has 4 N–H and O–H groups in total. The van der Waals surface area contributed by atoms with Gasteiger partial charge >= 0.3 is 0 Å². The van der Waals surface area contributed by atoms with Crippen LogP contribution in [-0.2, 0) is 6.42 Å². The molecule has 0 saturated carbocycles. The minimum absolute atomic E-state index is 0.630. The maximum absolute atomic E-state index is 5.22. The van der Waals surface area contributed by atoms with Gasteiger partial charge in [0.15, 0.2) is 0 Å². The molecule has 0 aliphatic rings. The Bertz CT molecular complexity index is 513. The minimum Gasteiger partial charge on any atom is -0.497 e. The van der Waals surface area contributed by atoms with Crippen LogP contribution < -0.4 is 21.3 Å². The van der Waals surface area contributed by atoms with E-state index in [0.717, 1.165) is 18.7 Å². The SMILES string of the molecule is COc1ccc2cc(CCNCNN)ccc2c1. The fourth-order valence-corrected chi connectivity index (χ4v) is 1.95. The van der Waals surface area contributed by atoms with E-state index in [1.165, 1.54) is 16.3 Å². The second-order valence-corrected chi connectivity index (χ2v) is 4.18. The number of hydrazine groups is 1. The molecule has 2 aromatic rings. The smallest absolute Gasteiger partial charge is 0.119 e. The van der Waals surface area contributed by atoms with Gasteiger partial charge < -0.3 is 10.1 Å². The van der Waals surface area contributed by atoms with Crippen molar-refractivity contribution < 1.29 is 4.74 Å². The van der Waals surface area contributed by atoms with Crippen LogP contribution in [0.1, 0.15) is 5.56 Å². The van der Waals surface area contributed by atoms with Crippen LogP contribution in [0, 0.1) is 0 Å². The fraction of sp³-hybridized carbons (Fsp3) is 0.286. The molecular weight excluding hydrogens is 226 g/mol. The summed E-state index contributed by atoms with van der Waals surface area (Å²) < 4.78 is 5.22. The zero-order chi connectivity index (χ0) is 12.8. The highest BCUT2D eigenvalue weighted by Gasteiger charge is 1.99. The van der Waals surface area contributed by atoms with Gasteiger partial charge in [-0.25, -0.2) is 5.43 Å². The van der Waals surface area contributed by atoms with Crippen molar-refractivity contribution in [3.8, 4) is 5.75 Å². The van der Waals surface area contributed by atoms with Gasteiger partial charge in [-0.3, -0.25) is 5.84 Å². The third kappa shape index (κ3) is 3.20. The average Bonchev–Trinajstić information content (AvgIpc) is 2.43. The molecular formula is C14H19N3O. The lowest BCUT2D eigenvalue weighted by Crippen LogP contribution is -2.34. The maximum atomic E-state index is 5.22. The van der Waals surface area contributed by atoms with Crippen LogP contribution in [0.2, 0.25) is 0 Å². The van der Waals surface area contributed by atoms with Crippen molar-refractivity contribution >= 4 is 10.8 Å². The van der Waals surface area contributed by atoms with E-state index in [1.807, 2.05) is 6.07 Å². The summed E-state index contributed by atoms with van der Waals surface area (Å²) in [4.78, 5) is 0. The number of ether oxygens (including phenoxy) is 1. The molecule has 0 atom stereocenters. The standard InChI is InChI=1S/C14H19N3O/c1-18-14-5-4-12-8-11(2-3-13(12)9-14)6-7-16-10-17-15/h2-5,8-9,16-17H,6-7,10,15H2,1H3. The minimum atomic E-state index is 0.630. The Morgan fingerprint density at radius 1 is 1.11 bits per heavy atom. The number of hydrogen-bond acceptors (Lipinski definition) is 4. The van der Waals surface area contributed by atoms with Crippen molar-refractivity contribution in [2.75, 3.05) is 20.3 Å². The Balaban J connectivity index is 2.08. The monoisotopic (exact) mass is 245 g/mol. The fourth-order valence-electron chi connectivity index (χ4n) is 1.95. The number of methoxy groups -OCH3 is 1. The molecule has 0 aliphatic carbocycles. The van der Waals surface area contributed by atoms with Crippen molar-refractivity contribution in [3.05, 3.63) is 42.0 Å². The van der Waals surface area contributed by atoms with Crippen molar-refractivity contribution in [1.82, 2.24) is 10.7 Å². The van der Waals surface area contributed by atoms with Crippen LogP contribution in [0.4, 0.5) is 0 Å². The molecule has 0 unspecified atom stereocenters. The third-order valence-corrected chi connectivity index (χ3v) is 2.93. The summed E-state index contributed by atoms with van der Waals surface area (Å²) in [6.45, 7) is 1.54. The van der Waals surface area contributed by atoms with E-state index in [2.05, 4.69) is 41.1 Å². The van der Waals surface area contributed by atoms with E-state index in [1.54, 1.807) is 7.11 Å². The Morgan fingerprint density at radius 2 is 1.89 bits per heavy atom. The quantitative estimate of drug-likeness (QED) is 0.312. The summed E-state index contributed by atoms with van der Waals surface area (Å²) in [5, 5.41) is 5.64. The van der Waals surface area contributed by atoms with Gasteiger partial charge in [-0.2, -0.15) is 0 Å². The van der Waals surface area contributed by atoms with Crippen LogP contribution in [0.15, 0.2) is 36.4 Å². The van der Waals surface area contributed by atoms with Crippen LogP contribution in [0.3, 0.4) is 0 Å². The number of hydrogen-bond donors (Lipinski definition) is 3. The van der Waals surface area contributed by atoms with Crippen molar-refractivity contribution in [3.63, 3.8) is 0 Å². The summed E-state index contributed by atoms with van der Waals surface area (Å²) in [5.41, 5.74) is 3.89. The second-order valence-electron chi connectivity index (χ2n) is 4.18. The Morgan fingerprint density at radius 3 is 2.67 bits per heavy atom. The molecule has 4 nitrogen and oxygen atoms in total. The molecule has 2 aromatic carbocycles. The van der Waals surface area contributed by atoms with Gasteiger partial charge in [-0.1, -0.05) is 24.3 Å². The largest absolute Gasteiger partial charge is 0.497 e. The van der Waals surface area contributed by atoms with Gasteiger partial charge in [0, 0.05) is 6.54 Å². The number of nitrogens with one attached hydrogen (secondary N) is 2. The van der Waals surface area contributed by atoms with Crippen molar-refractivity contribution in [2.45, 2.75) is 6.42 Å². The first-order valence-electron chi connectivity index (χ1n) is 6.04. The number of nitrogens with two attached hydrogens (primary N) is 1. The van der Waals surface area contributed by atoms with Gasteiger partial charge in [-0.15, -0.1) is 0 Å². The average molecular weight is 245 g/mol. The third-order valence-electron chi connectivity index (χ3n) is 2.93. The number of rotatable bonds is 6. The zero-order valence-electron chi connectivity index (χ0n) is 10.6. The van der Waals surface area contributed by atoms with E-state index in [-0.39, 0.29) is 0 Å². The van der Waals surface area contributed by atoms with Crippen LogP contribution in [0.25, 0.3) is 10.8 Å². The van der Waals surface area contributed by atoms with Gasteiger partial charge in [0.2, 0.25) is 0 Å². The molecule has 0 aromatic heterocycles. The zero-order valence-corrected chi connectivity index (χ0v) is 10.6. The van der Waals surface area contributed by atoms with E-state index in [4.69, 9.17) is 10.6 Å². The number of fused-ring (bicyclic) bond motifs is 1. The Kier molecular flexibility index (Phi) is 4.52. The lowest BCUT2D eigenvalue weighted by Gasteiger charge is -2.06. The number of benzene rings is 2. The van der Waals surface area contributed by atoms with Gasteiger partial charge in [0.1, 0.15) is 5.75 Å². The molecule has 18 heavy (non-hydrogen) atoms. The molecule has 0 spiro atoms. The first-order valence-corrected chi connectivity index (χ1v) is 6.04. The second kappa shape index (κ2) is 6.35. The summed E-state index contributed by atoms with van der Waals surface area (Å²) in [6, 6.07) is 12.6. The summed E-state index contributed by atoms with van der Waals surface area (Å²) >= 11 is 0. The topological polar surface area (TPSA) is 59.3 Å². The van der Waals surface area contributed by atoms with Gasteiger partial charge in [-0.05, 0) is 34.9 Å². The van der Waals surface area contributed by atoms with E-state index in [0.29, 0.717) is 6.67 Å². The molecule has 96 valence electrons. The molecule has 2 rings (SSSR count). The van der Waals surface area contributed by atoms with E-state index < -0.39 is 0 Å². The Hall–Kier alpha value is -1.62. The predicted octanol–water partition coefficient (Wildman–Crippen LogP) is 1.40. The summed E-state index contributed by atoms with van der Waals surface area (Å²) in [6.07, 6.45) is 0.990. The van der Waals surface area contributed by atoms with Crippen molar-refractivity contribution in [1.29, 1.82) is 0 Å². The van der Waals surface area contributed by atoms with Gasteiger partial charge in [0.05, 0.1) is 13.8 Å². The lowest BCUT2D eigenvalue weighted by molar-refractivity contribution is 0.415. The van der Waals surface area contributed by atoms with Crippen molar-refractivity contribution in [2.24, 2.45) is 5.84 Å². The van der Waals surface area contributed by atoms with Gasteiger partial charge in [0.25, 0.3) is 0 Å². The normalized spacial score (nSPS) is 10.8. The summed E-state index contributed by atoms with van der Waals surface area (Å²) in [7, 11) is 1.69. The molecule has 0 fully saturated rings. The highest BCUT2D eigenvalue weighted by atomic mass is 16.5. The molecule has 0 amide bonds. The molecule has 0 bridgehead atoms. The first kappa shape index (κ1) is 12.8. The van der Waals surface area contributed by atoms with E-state index >= 15 is 0 Å². The molecule has 0 aliphatic heterocycles. The maximum Gasteiger partial charge on any atom is 0.119 e. The molecule has 0 saturated heterocycles. The summed E-state index contributed by atoms with van der Waals surface area (Å²) in [5.74, 6) is 6.08. The highest BCUT2D eigenvalue weighted by molar-refractivity contribution is 5.84. The van der Waals surface area contributed by atoms with E-state index in [9.17, 15) is 0 Å². The molecule has 0 radical (unpaired) electrons.